The van der Waals surface area contributed by atoms with Gasteiger partial charge in [0, 0.05) is 24.5 Å². The molecule has 0 fully saturated rings. The van der Waals surface area contributed by atoms with Crippen molar-refractivity contribution < 1.29 is 14.3 Å². The molecule has 2 aromatic rings. The molecule has 1 unspecified atom stereocenters. The van der Waals surface area contributed by atoms with E-state index in [1.807, 2.05) is 25.3 Å². The van der Waals surface area contributed by atoms with E-state index in [1.165, 1.54) is 11.1 Å². The molecule has 0 aliphatic rings. The maximum absolute atomic E-state index is 12.8. The van der Waals surface area contributed by atoms with Gasteiger partial charge < -0.3 is 19.5 Å². The lowest BCUT2D eigenvalue weighted by atomic mass is 10.0. The van der Waals surface area contributed by atoms with E-state index in [-0.39, 0.29) is 24.5 Å². The molecule has 6 nitrogen and oxygen atoms in total. The number of aromatic nitrogens is 1. The molecule has 0 saturated carbocycles. The normalized spacial score (nSPS) is 11.9. The van der Waals surface area contributed by atoms with Crippen LogP contribution in [-0.4, -0.2) is 40.7 Å². The maximum atomic E-state index is 12.8. The molecule has 1 atom stereocenters. The van der Waals surface area contributed by atoms with Crippen molar-refractivity contribution in [2.75, 3.05) is 13.2 Å². The van der Waals surface area contributed by atoms with Crippen molar-refractivity contribution in [1.29, 1.82) is 0 Å². The summed E-state index contributed by atoms with van der Waals surface area (Å²) in [6.45, 7) is 11.4. The van der Waals surface area contributed by atoms with Crippen molar-refractivity contribution in [3.05, 3.63) is 59.4 Å². The van der Waals surface area contributed by atoms with E-state index < -0.39 is 5.97 Å². The molecule has 6 heteroatoms. The molecule has 1 N–H and O–H groups in total. The third-order valence-electron chi connectivity index (χ3n) is 5.10. The van der Waals surface area contributed by atoms with Crippen molar-refractivity contribution in [3.8, 4) is 0 Å². The number of carbonyl (C=O) groups is 2. The third kappa shape index (κ3) is 6.66. The Hall–Kier alpha value is -2.76. The molecule has 0 radical (unpaired) electrons. The van der Waals surface area contributed by atoms with Gasteiger partial charge in [-0.05, 0) is 44.4 Å². The van der Waals surface area contributed by atoms with E-state index in [1.54, 1.807) is 11.8 Å². The highest BCUT2D eigenvalue weighted by Crippen LogP contribution is 2.17. The van der Waals surface area contributed by atoms with Crippen LogP contribution in [-0.2, 0) is 22.6 Å². The van der Waals surface area contributed by atoms with Crippen LogP contribution in [0.4, 0.5) is 4.79 Å². The molecule has 29 heavy (non-hydrogen) atoms. The van der Waals surface area contributed by atoms with Gasteiger partial charge in [0.25, 0.3) is 0 Å². The molecule has 0 bridgehead atoms. The van der Waals surface area contributed by atoms with Crippen molar-refractivity contribution in [2.24, 2.45) is 5.92 Å². The van der Waals surface area contributed by atoms with E-state index in [0.29, 0.717) is 13.2 Å². The highest BCUT2D eigenvalue weighted by Gasteiger charge is 2.24. The number of urea groups is 1. The number of hydrogen-bond donors (Lipinski definition) is 1. The third-order valence-corrected chi connectivity index (χ3v) is 5.10. The average Bonchev–Trinajstić information content (AvgIpc) is 3.10. The topological polar surface area (TPSA) is 63.6 Å². The molecular weight excluding hydrogens is 366 g/mol. The minimum atomic E-state index is -0.430. The second kappa shape index (κ2) is 10.7. The molecule has 1 aromatic heterocycles. The largest absolute Gasteiger partial charge is 0.465 e. The molecule has 0 saturated heterocycles. The monoisotopic (exact) mass is 399 g/mol. The molecule has 1 aromatic carbocycles. The number of ether oxygens (including phenoxy) is 1. The number of nitrogens with zero attached hydrogens (tertiary/aromatic N) is 2. The average molecular weight is 400 g/mol. The van der Waals surface area contributed by atoms with Gasteiger partial charge in [-0.2, -0.15) is 0 Å². The number of rotatable bonds is 9. The van der Waals surface area contributed by atoms with Crippen LogP contribution in [0.5, 0.6) is 0 Å². The summed E-state index contributed by atoms with van der Waals surface area (Å²) in [6.07, 6.45) is 2.03. The Kier molecular flexibility index (Phi) is 8.31. The second-order valence-corrected chi connectivity index (χ2v) is 7.69. The van der Waals surface area contributed by atoms with Crippen LogP contribution in [0.3, 0.4) is 0 Å². The Labute approximate surface area is 173 Å². The molecule has 0 aliphatic carbocycles. The summed E-state index contributed by atoms with van der Waals surface area (Å²) in [4.78, 5) is 26.2. The van der Waals surface area contributed by atoms with Crippen molar-refractivity contribution in [2.45, 2.75) is 53.8 Å². The predicted octanol–water partition coefficient (Wildman–Crippen LogP) is 3.96. The molecule has 0 spiro atoms. The smallest absolute Gasteiger partial charge is 0.325 e. The Balaban J connectivity index is 2.14. The number of aryl methyl sites for hydroxylation is 1. The number of benzene rings is 1. The lowest BCUT2D eigenvalue weighted by Gasteiger charge is -2.32. The number of amides is 2. The van der Waals surface area contributed by atoms with Crippen LogP contribution >= 0.6 is 0 Å². The SMILES string of the molecule is CCOC(=O)CNC(=O)N(Cc1cccn1Cc1cccc(C)c1)C(C)C(C)C. The van der Waals surface area contributed by atoms with Gasteiger partial charge in [0.1, 0.15) is 6.54 Å². The fraction of sp³-hybridized carbons (Fsp3) is 0.478. The molecule has 2 rings (SSSR count). The van der Waals surface area contributed by atoms with Gasteiger partial charge in [0.15, 0.2) is 0 Å². The quantitative estimate of drug-likeness (QED) is 0.649. The first-order valence-corrected chi connectivity index (χ1v) is 10.2. The lowest BCUT2D eigenvalue weighted by molar-refractivity contribution is -0.141. The van der Waals surface area contributed by atoms with E-state index in [9.17, 15) is 9.59 Å². The maximum Gasteiger partial charge on any atom is 0.325 e. The van der Waals surface area contributed by atoms with Crippen LogP contribution in [0.2, 0.25) is 0 Å². The number of nitrogens with one attached hydrogen (secondary N) is 1. The first-order chi connectivity index (χ1) is 13.8. The van der Waals surface area contributed by atoms with Crippen LogP contribution in [0.15, 0.2) is 42.6 Å². The fourth-order valence-corrected chi connectivity index (χ4v) is 3.15. The van der Waals surface area contributed by atoms with Crippen molar-refractivity contribution in [1.82, 2.24) is 14.8 Å². The number of carbonyl (C=O) groups excluding carboxylic acids is 2. The zero-order chi connectivity index (χ0) is 21.4. The first-order valence-electron chi connectivity index (χ1n) is 10.2. The lowest BCUT2D eigenvalue weighted by Crippen LogP contribution is -2.48. The Morgan fingerprint density at radius 1 is 1.17 bits per heavy atom. The molecule has 0 aliphatic heterocycles. The van der Waals surface area contributed by atoms with E-state index in [0.717, 1.165) is 12.2 Å². The van der Waals surface area contributed by atoms with Crippen molar-refractivity contribution in [3.63, 3.8) is 0 Å². The molecular formula is C23H33N3O3. The highest BCUT2D eigenvalue weighted by molar-refractivity contribution is 5.81. The van der Waals surface area contributed by atoms with Gasteiger partial charge in [-0.3, -0.25) is 4.79 Å². The van der Waals surface area contributed by atoms with Gasteiger partial charge in [0.05, 0.1) is 13.2 Å². The Morgan fingerprint density at radius 2 is 1.93 bits per heavy atom. The zero-order valence-electron chi connectivity index (χ0n) is 18.1. The Bertz CT molecular complexity index is 813. The number of hydrogen-bond acceptors (Lipinski definition) is 3. The molecule has 158 valence electrons. The zero-order valence-corrected chi connectivity index (χ0v) is 18.1. The standard InChI is InChI=1S/C23H33N3O3/c1-6-29-22(27)14-24-23(28)26(19(5)17(2)3)16-21-11-8-12-25(21)15-20-10-7-9-18(4)13-20/h7-13,17,19H,6,14-16H2,1-5H3,(H,24,28). The predicted molar refractivity (Wildman–Crippen MR) is 115 cm³/mol. The van der Waals surface area contributed by atoms with Gasteiger partial charge in [-0.25, -0.2) is 4.79 Å². The van der Waals surface area contributed by atoms with E-state index in [4.69, 9.17) is 4.74 Å². The van der Waals surface area contributed by atoms with Crippen molar-refractivity contribution >= 4 is 12.0 Å². The summed E-state index contributed by atoms with van der Waals surface area (Å²) >= 11 is 0. The second-order valence-electron chi connectivity index (χ2n) is 7.69. The van der Waals surface area contributed by atoms with Crippen LogP contribution in [0.1, 0.15) is 44.5 Å². The Morgan fingerprint density at radius 3 is 2.59 bits per heavy atom. The van der Waals surface area contributed by atoms with Gasteiger partial charge in [-0.1, -0.05) is 43.7 Å². The van der Waals surface area contributed by atoms with E-state index in [2.05, 4.69) is 54.9 Å². The summed E-state index contributed by atoms with van der Waals surface area (Å²) < 4.78 is 7.06. The first kappa shape index (κ1) is 22.5. The summed E-state index contributed by atoms with van der Waals surface area (Å²) in [5.41, 5.74) is 3.49. The van der Waals surface area contributed by atoms with Gasteiger partial charge in [-0.15, -0.1) is 0 Å². The molecule has 2 amide bonds. The van der Waals surface area contributed by atoms with Gasteiger partial charge >= 0.3 is 12.0 Å². The fourth-order valence-electron chi connectivity index (χ4n) is 3.15. The van der Waals surface area contributed by atoms with E-state index >= 15 is 0 Å². The van der Waals surface area contributed by atoms with Crippen LogP contribution < -0.4 is 5.32 Å². The van der Waals surface area contributed by atoms with Gasteiger partial charge in [0.2, 0.25) is 0 Å². The summed E-state index contributed by atoms with van der Waals surface area (Å²) in [5, 5.41) is 2.70. The minimum Gasteiger partial charge on any atom is -0.465 e. The minimum absolute atomic E-state index is 0.0134. The summed E-state index contributed by atoms with van der Waals surface area (Å²) in [5.74, 6) is -0.149. The summed E-state index contributed by atoms with van der Waals surface area (Å²) in [6, 6.07) is 12.2. The molecule has 1 heterocycles. The summed E-state index contributed by atoms with van der Waals surface area (Å²) in [7, 11) is 0. The van der Waals surface area contributed by atoms with Crippen LogP contribution in [0.25, 0.3) is 0 Å². The highest BCUT2D eigenvalue weighted by atomic mass is 16.5. The van der Waals surface area contributed by atoms with Crippen LogP contribution in [0, 0.1) is 12.8 Å². The number of esters is 1.